The maximum Gasteiger partial charge on any atom is 0.343 e. The van der Waals surface area contributed by atoms with Crippen molar-refractivity contribution in [3.05, 3.63) is 74.8 Å². The number of nitro benzene ring substituents is 1. The molecule has 2 aromatic rings. The Morgan fingerprint density at radius 3 is 2.41 bits per heavy atom. The lowest BCUT2D eigenvalue weighted by Gasteiger charge is -2.12. The molecule has 0 spiro atoms. The molecular formula is C20H19NO6. The van der Waals surface area contributed by atoms with Crippen LogP contribution >= 0.6 is 0 Å². The standard InChI is InChI=1S/C20H19NO6/c1-13-9-15(10-14(2)20(13)27-12-19(23)26-3)7-8-18(22)16-5-4-6-17(11-16)21(24)25/h4-11H,12H2,1-3H3/b8-7+. The van der Waals surface area contributed by atoms with E-state index in [4.69, 9.17) is 4.74 Å². The molecule has 7 nitrogen and oxygen atoms in total. The summed E-state index contributed by atoms with van der Waals surface area (Å²) in [5.41, 5.74) is 2.50. The fourth-order valence-electron chi connectivity index (χ4n) is 2.54. The Hall–Kier alpha value is -3.48. The second-order valence-corrected chi connectivity index (χ2v) is 5.85. The number of non-ortho nitro benzene ring substituents is 1. The number of hydrogen-bond acceptors (Lipinski definition) is 6. The van der Waals surface area contributed by atoms with E-state index in [0.29, 0.717) is 5.75 Å². The Kier molecular flexibility index (Phi) is 6.43. The molecule has 0 amide bonds. The zero-order chi connectivity index (χ0) is 20.0. The van der Waals surface area contributed by atoms with E-state index in [-0.39, 0.29) is 23.6 Å². The number of esters is 1. The first-order chi connectivity index (χ1) is 12.8. The summed E-state index contributed by atoms with van der Waals surface area (Å²) >= 11 is 0. The summed E-state index contributed by atoms with van der Waals surface area (Å²) < 4.78 is 10.0. The van der Waals surface area contributed by atoms with Crippen LogP contribution in [0.15, 0.2) is 42.5 Å². The van der Waals surface area contributed by atoms with Gasteiger partial charge in [0.05, 0.1) is 12.0 Å². The molecule has 0 bridgehead atoms. The summed E-state index contributed by atoms with van der Waals surface area (Å²) in [4.78, 5) is 33.7. The molecule has 27 heavy (non-hydrogen) atoms. The van der Waals surface area contributed by atoms with Gasteiger partial charge < -0.3 is 9.47 Å². The van der Waals surface area contributed by atoms with E-state index in [1.807, 2.05) is 26.0 Å². The zero-order valence-corrected chi connectivity index (χ0v) is 15.2. The zero-order valence-electron chi connectivity index (χ0n) is 15.2. The van der Waals surface area contributed by atoms with Crippen LogP contribution < -0.4 is 4.74 Å². The van der Waals surface area contributed by atoms with Crippen molar-refractivity contribution >= 4 is 23.5 Å². The molecule has 0 radical (unpaired) electrons. The number of nitro groups is 1. The van der Waals surface area contributed by atoms with Crippen molar-refractivity contribution in [2.24, 2.45) is 0 Å². The first-order valence-electron chi connectivity index (χ1n) is 8.09. The normalized spacial score (nSPS) is 10.6. The van der Waals surface area contributed by atoms with Crippen LogP contribution in [0.25, 0.3) is 6.08 Å². The van der Waals surface area contributed by atoms with Crippen LogP contribution in [0.4, 0.5) is 5.69 Å². The van der Waals surface area contributed by atoms with Crippen LogP contribution in [0.1, 0.15) is 27.0 Å². The fraction of sp³-hybridized carbons (Fsp3) is 0.200. The third-order valence-electron chi connectivity index (χ3n) is 3.81. The van der Waals surface area contributed by atoms with Gasteiger partial charge in [0.25, 0.3) is 5.69 Å². The monoisotopic (exact) mass is 369 g/mol. The van der Waals surface area contributed by atoms with E-state index in [9.17, 15) is 19.7 Å². The molecule has 0 heterocycles. The molecule has 0 aliphatic carbocycles. The van der Waals surface area contributed by atoms with E-state index in [1.165, 1.54) is 37.5 Å². The highest BCUT2D eigenvalue weighted by Crippen LogP contribution is 2.25. The Labute approximate surface area is 156 Å². The highest BCUT2D eigenvalue weighted by molar-refractivity contribution is 6.07. The van der Waals surface area contributed by atoms with Gasteiger partial charge in [0.15, 0.2) is 12.4 Å². The number of aryl methyl sites for hydroxylation is 2. The summed E-state index contributed by atoms with van der Waals surface area (Å²) in [6, 6.07) is 9.21. The van der Waals surface area contributed by atoms with E-state index in [2.05, 4.69) is 4.74 Å². The second kappa shape index (κ2) is 8.75. The minimum absolute atomic E-state index is 0.131. The van der Waals surface area contributed by atoms with Gasteiger partial charge >= 0.3 is 5.97 Å². The van der Waals surface area contributed by atoms with Gasteiger partial charge in [-0.1, -0.05) is 18.2 Å². The number of benzene rings is 2. The van der Waals surface area contributed by atoms with Crippen LogP contribution in [0.5, 0.6) is 5.75 Å². The molecule has 0 unspecified atom stereocenters. The van der Waals surface area contributed by atoms with Crippen LogP contribution in [0.3, 0.4) is 0 Å². The first kappa shape index (κ1) is 19.8. The summed E-state index contributed by atoms with van der Waals surface area (Å²) in [7, 11) is 1.29. The number of rotatable bonds is 7. The molecule has 2 aromatic carbocycles. The van der Waals surface area contributed by atoms with E-state index >= 15 is 0 Å². The smallest absolute Gasteiger partial charge is 0.343 e. The lowest BCUT2D eigenvalue weighted by molar-refractivity contribution is -0.384. The minimum Gasteiger partial charge on any atom is -0.481 e. The molecule has 0 fully saturated rings. The van der Waals surface area contributed by atoms with Crippen molar-refractivity contribution in [1.82, 2.24) is 0 Å². The third-order valence-corrected chi connectivity index (χ3v) is 3.81. The first-order valence-corrected chi connectivity index (χ1v) is 8.09. The minimum atomic E-state index is -0.541. The maximum atomic E-state index is 12.3. The number of carbonyl (C=O) groups excluding carboxylic acids is 2. The van der Waals surface area contributed by atoms with Crippen LogP contribution in [-0.4, -0.2) is 30.4 Å². The lowest BCUT2D eigenvalue weighted by Crippen LogP contribution is -2.13. The van der Waals surface area contributed by atoms with Gasteiger partial charge in [0.2, 0.25) is 0 Å². The van der Waals surface area contributed by atoms with Gasteiger partial charge in [-0.05, 0) is 48.7 Å². The predicted octanol–water partition coefficient (Wildman–Crippen LogP) is 3.66. The van der Waals surface area contributed by atoms with Gasteiger partial charge in [0.1, 0.15) is 5.75 Å². The third kappa shape index (κ3) is 5.24. The number of carbonyl (C=O) groups is 2. The summed E-state index contributed by atoms with van der Waals surface area (Å²) in [5.74, 6) is -0.220. The predicted molar refractivity (Wildman–Crippen MR) is 99.9 cm³/mol. The number of nitrogens with zero attached hydrogens (tertiary/aromatic N) is 1. The molecule has 0 aliphatic heterocycles. The average molecular weight is 369 g/mol. The lowest BCUT2D eigenvalue weighted by atomic mass is 10.0. The van der Waals surface area contributed by atoms with Crippen LogP contribution in [0.2, 0.25) is 0 Å². The van der Waals surface area contributed by atoms with Crippen molar-refractivity contribution in [1.29, 1.82) is 0 Å². The van der Waals surface area contributed by atoms with Crippen molar-refractivity contribution in [2.45, 2.75) is 13.8 Å². The molecule has 2 rings (SSSR count). The number of ketones is 1. The Morgan fingerprint density at radius 2 is 1.81 bits per heavy atom. The van der Waals surface area contributed by atoms with E-state index in [1.54, 1.807) is 6.08 Å². The number of hydrogen-bond donors (Lipinski definition) is 0. The van der Waals surface area contributed by atoms with Crippen LogP contribution in [0, 0.1) is 24.0 Å². The largest absolute Gasteiger partial charge is 0.481 e. The summed E-state index contributed by atoms with van der Waals surface area (Å²) in [6.45, 7) is 3.48. The molecule has 0 saturated carbocycles. The second-order valence-electron chi connectivity index (χ2n) is 5.85. The summed E-state index contributed by atoms with van der Waals surface area (Å²) in [6.07, 6.45) is 2.99. The Balaban J connectivity index is 2.17. The molecule has 0 atom stereocenters. The summed E-state index contributed by atoms with van der Waals surface area (Å²) in [5, 5.41) is 10.8. The van der Waals surface area contributed by atoms with E-state index in [0.717, 1.165) is 16.7 Å². The number of allylic oxidation sites excluding steroid dienone is 1. The Morgan fingerprint density at radius 1 is 1.15 bits per heavy atom. The van der Waals surface area contributed by atoms with E-state index < -0.39 is 10.9 Å². The topological polar surface area (TPSA) is 95.7 Å². The number of ether oxygens (including phenoxy) is 2. The van der Waals surface area contributed by atoms with Gasteiger partial charge in [-0.25, -0.2) is 4.79 Å². The highest BCUT2D eigenvalue weighted by Gasteiger charge is 2.11. The average Bonchev–Trinajstić information content (AvgIpc) is 2.65. The molecule has 140 valence electrons. The van der Waals surface area contributed by atoms with Gasteiger partial charge in [-0.3, -0.25) is 14.9 Å². The molecule has 0 saturated heterocycles. The Bertz CT molecular complexity index is 893. The molecule has 0 N–H and O–H groups in total. The maximum absolute atomic E-state index is 12.3. The fourth-order valence-corrected chi connectivity index (χ4v) is 2.54. The highest BCUT2D eigenvalue weighted by atomic mass is 16.6. The molecule has 7 heteroatoms. The van der Waals surface area contributed by atoms with Gasteiger partial charge in [0, 0.05) is 17.7 Å². The van der Waals surface area contributed by atoms with Crippen molar-refractivity contribution in [3.8, 4) is 5.75 Å². The number of methoxy groups -OCH3 is 1. The van der Waals surface area contributed by atoms with Crippen molar-refractivity contribution in [3.63, 3.8) is 0 Å². The SMILES string of the molecule is COC(=O)COc1c(C)cc(/C=C/C(=O)c2cccc([N+](=O)[O-])c2)cc1C. The molecule has 0 aromatic heterocycles. The van der Waals surface area contributed by atoms with Crippen molar-refractivity contribution in [2.75, 3.05) is 13.7 Å². The van der Waals surface area contributed by atoms with Crippen molar-refractivity contribution < 1.29 is 24.0 Å². The molecule has 0 aliphatic rings. The van der Waals surface area contributed by atoms with Gasteiger partial charge in [-0.15, -0.1) is 0 Å². The quantitative estimate of drug-likeness (QED) is 0.243. The molecular weight excluding hydrogens is 350 g/mol. The van der Waals surface area contributed by atoms with Gasteiger partial charge in [-0.2, -0.15) is 0 Å². The van der Waals surface area contributed by atoms with Crippen LogP contribution in [-0.2, 0) is 9.53 Å².